The third kappa shape index (κ3) is 3.24. The van der Waals surface area contributed by atoms with E-state index >= 15 is 0 Å². The van der Waals surface area contributed by atoms with Crippen molar-refractivity contribution in [3.63, 3.8) is 0 Å². The van der Waals surface area contributed by atoms with E-state index in [-0.39, 0.29) is 6.10 Å². The Kier molecular flexibility index (Phi) is 4.64. The molecule has 0 saturated heterocycles. The van der Waals surface area contributed by atoms with Crippen LogP contribution in [0.2, 0.25) is 0 Å². The Balaban J connectivity index is 2.60. The second-order valence-electron chi connectivity index (χ2n) is 3.09. The predicted molar refractivity (Wildman–Crippen MR) is 62.7 cm³/mol. The highest BCUT2D eigenvalue weighted by Gasteiger charge is 2.12. The first-order chi connectivity index (χ1) is 7.19. The van der Waals surface area contributed by atoms with Gasteiger partial charge < -0.3 is 20.5 Å². The molecule has 0 saturated carbocycles. The van der Waals surface area contributed by atoms with Crippen LogP contribution >= 0.6 is 11.5 Å². The summed E-state index contributed by atoms with van der Waals surface area (Å²) in [5.74, 6) is 1.08. The van der Waals surface area contributed by atoms with E-state index in [0.29, 0.717) is 24.7 Å². The monoisotopic (exact) mass is 231 g/mol. The summed E-state index contributed by atoms with van der Waals surface area (Å²) < 4.78 is 14.6. The zero-order chi connectivity index (χ0) is 11.3. The van der Waals surface area contributed by atoms with Crippen molar-refractivity contribution in [1.82, 2.24) is 4.37 Å². The van der Waals surface area contributed by atoms with Gasteiger partial charge in [-0.2, -0.15) is 4.37 Å². The smallest absolute Gasteiger partial charge is 0.197 e. The molecule has 0 aliphatic heterocycles. The number of nitrogens with one attached hydrogen (secondary N) is 1. The van der Waals surface area contributed by atoms with E-state index in [1.54, 1.807) is 7.11 Å². The molecule has 0 bridgehead atoms. The van der Waals surface area contributed by atoms with Gasteiger partial charge in [0.2, 0.25) is 0 Å². The quantitative estimate of drug-likeness (QED) is 0.777. The Morgan fingerprint density at radius 2 is 2.33 bits per heavy atom. The number of ether oxygens (including phenoxy) is 2. The summed E-state index contributed by atoms with van der Waals surface area (Å²) in [7, 11) is 1.68. The third-order valence-corrected chi connectivity index (χ3v) is 2.72. The van der Waals surface area contributed by atoms with E-state index in [1.807, 2.05) is 13.8 Å². The van der Waals surface area contributed by atoms with Crippen molar-refractivity contribution in [3.05, 3.63) is 0 Å². The van der Waals surface area contributed by atoms with E-state index in [1.165, 1.54) is 11.5 Å². The minimum atomic E-state index is 0.141. The largest absolute Gasteiger partial charge is 0.487 e. The predicted octanol–water partition coefficient (Wildman–Crippen LogP) is 1.57. The molecule has 6 heteroatoms. The minimum absolute atomic E-state index is 0.141. The zero-order valence-corrected chi connectivity index (χ0v) is 10.1. The summed E-state index contributed by atoms with van der Waals surface area (Å²) in [6.45, 7) is 5.19. The molecule has 1 heterocycles. The molecule has 0 radical (unpaired) electrons. The molecule has 1 aromatic heterocycles. The van der Waals surface area contributed by atoms with Gasteiger partial charge in [-0.05, 0) is 25.4 Å². The normalized spacial score (nSPS) is 12.5. The van der Waals surface area contributed by atoms with Crippen LogP contribution in [-0.4, -0.2) is 30.7 Å². The van der Waals surface area contributed by atoms with Gasteiger partial charge in [0, 0.05) is 13.7 Å². The molecule has 15 heavy (non-hydrogen) atoms. The number of anilines is 2. The molecule has 0 spiro atoms. The molecule has 0 aliphatic rings. The SMILES string of the molecule is CCOc1c(N)nsc1NCC(C)OC. The second kappa shape index (κ2) is 5.77. The maximum atomic E-state index is 5.67. The van der Waals surface area contributed by atoms with Crippen LogP contribution in [0.25, 0.3) is 0 Å². The maximum Gasteiger partial charge on any atom is 0.197 e. The molecular formula is C9H17N3O2S. The van der Waals surface area contributed by atoms with Crippen LogP contribution in [-0.2, 0) is 4.74 Å². The lowest BCUT2D eigenvalue weighted by atomic mass is 10.4. The molecule has 3 N–H and O–H groups in total. The van der Waals surface area contributed by atoms with Gasteiger partial charge in [-0.1, -0.05) is 0 Å². The van der Waals surface area contributed by atoms with Crippen LogP contribution in [0.3, 0.4) is 0 Å². The van der Waals surface area contributed by atoms with Gasteiger partial charge in [-0.15, -0.1) is 0 Å². The standard InChI is InChI=1S/C9H17N3O2S/c1-4-14-7-8(10)12-15-9(7)11-5-6(2)13-3/h6,11H,4-5H2,1-3H3,(H2,10,12). The second-order valence-corrected chi connectivity index (χ2v) is 3.86. The van der Waals surface area contributed by atoms with Crippen molar-refractivity contribution in [1.29, 1.82) is 0 Å². The fraction of sp³-hybridized carbons (Fsp3) is 0.667. The van der Waals surface area contributed by atoms with Crippen molar-refractivity contribution < 1.29 is 9.47 Å². The molecule has 5 nitrogen and oxygen atoms in total. The van der Waals surface area contributed by atoms with Crippen LogP contribution in [0.4, 0.5) is 10.8 Å². The molecule has 0 fully saturated rings. The van der Waals surface area contributed by atoms with Crippen molar-refractivity contribution in [2.45, 2.75) is 20.0 Å². The molecule has 0 aromatic carbocycles. The minimum Gasteiger partial charge on any atom is -0.487 e. The van der Waals surface area contributed by atoms with Gasteiger partial charge in [0.15, 0.2) is 16.6 Å². The number of methoxy groups -OCH3 is 1. The molecule has 1 rings (SSSR count). The van der Waals surface area contributed by atoms with Crippen LogP contribution in [0, 0.1) is 0 Å². The number of nitrogens with two attached hydrogens (primary N) is 1. The van der Waals surface area contributed by atoms with E-state index in [9.17, 15) is 0 Å². The highest BCUT2D eigenvalue weighted by Crippen LogP contribution is 2.34. The highest BCUT2D eigenvalue weighted by molar-refractivity contribution is 7.11. The lowest BCUT2D eigenvalue weighted by Crippen LogP contribution is -2.17. The van der Waals surface area contributed by atoms with E-state index in [4.69, 9.17) is 15.2 Å². The summed E-state index contributed by atoms with van der Waals surface area (Å²) in [6.07, 6.45) is 0.141. The van der Waals surface area contributed by atoms with E-state index in [2.05, 4.69) is 9.69 Å². The van der Waals surface area contributed by atoms with Gasteiger partial charge in [0.25, 0.3) is 0 Å². The first-order valence-electron chi connectivity index (χ1n) is 4.83. The fourth-order valence-electron chi connectivity index (χ4n) is 1.01. The number of hydrogen-bond donors (Lipinski definition) is 2. The summed E-state index contributed by atoms with van der Waals surface area (Å²) in [6, 6.07) is 0. The Morgan fingerprint density at radius 1 is 1.60 bits per heavy atom. The number of nitrogen functional groups attached to an aromatic ring is 1. The van der Waals surface area contributed by atoms with Crippen LogP contribution in [0.15, 0.2) is 0 Å². The first kappa shape index (κ1) is 12.1. The Bertz CT molecular complexity index is 304. The van der Waals surface area contributed by atoms with Crippen LogP contribution in [0.1, 0.15) is 13.8 Å². The van der Waals surface area contributed by atoms with Crippen LogP contribution < -0.4 is 15.8 Å². The number of hydrogen-bond acceptors (Lipinski definition) is 6. The average Bonchev–Trinajstić information content (AvgIpc) is 2.58. The van der Waals surface area contributed by atoms with Crippen molar-refractivity contribution in [2.75, 3.05) is 31.3 Å². The lowest BCUT2D eigenvalue weighted by molar-refractivity contribution is 0.129. The molecule has 0 amide bonds. The van der Waals surface area contributed by atoms with Gasteiger partial charge in [-0.3, -0.25) is 0 Å². The zero-order valence-electron chi connectivity index (χ0n) is 9.24. The highest BCUT2D eigenvalue weighted by atomic mass is 32.1. The van der Waals surface area contributed by atoms with Gasteiger partial charge in [0.05, 0.1) is 12.7 Å². The molecular weight excluding hydrogens is 214 g/mol. The van der Waals surface area contributed by atoms with Gasteiger partial charge in [0.1, 0.15) is 0 Å². The third-order valence-electron chi connectivity index (χ3n) is 1.92. The topological polar surface area (TPSA) is 69.4 Å². The fourth-order valence-corrected chi connectivity index (χ4v) is 1.68. The summed E-state index contributed by atoms with van der Waals surface area (Å²) in [5.41, 5.74) is 5.67. The lowest BCUT2D eigenvalue weighted by Gasteiger charge is -2.11. The van der Waals surface area contributed by atoms with Gasteiger partial charge in [-0.25, -0.2) is 0 Å². The summed E-state index contributed by atoms with van der Waals surface area (Å²) in [4.78, 5) is 0. The Labute approximate surface area is 93.7 Å². The van der Waals surface area contributed by atoms with Crippen molar-refractivity contribution in [2.24, 2.45) is 0 Å². The van der Waals surface area contributed by atoms with Crippen molar-refractivity contribution >= 4 is 22.4 Å². The maximum absolute atomic E-state index is 5.67. The molecule has 86 valence electrons. The average molecular weight is 231 g/mol. The van der Waals surface area contributed by atoms with Crippen LogP contribution in [0.5, 0.6) is 5.75 Å². The number of nitrogens with zero attached hydrogens (tertiary/aromatic N) is 1. The van der Waals surface area contributed by atoms with E-state index < -0.39 is 0 Å². The summed E-state index contributed by atoms with van der Waals surface area (Å²) >= 11 is 1.30. The Morgan fingerprint density at radius 3 is 2.93 bits per heavy atom. The van der Waals surface area contributed by atoms with E-state index in [0.717, 1.165) is 5.00 Å². The van der Waals surface area contributed by atoms with Gasteiger partial charge >= 0.3 is 0 Å². The molecule has 1 atom stereocenters. The first-order valence-corrected chi connectivity index (χ1v) is 5.61. The number of aromatic nitrogens is 1. The molecule has 1 unspecified atom stereocenters. The Hall–Kier alpha value is -1.01. The molecule has 1 aromatic rings. The van der Waals surface area contributed by atoms with Crippen molar-refractivity contribution in [3.8, 4) is 5.75 Å². The summed E-state index contributed by atoms with van der Waals surface area (Å²) in [5, 5.41) is 4.06. The molecule has 0 aliphatic carbocycles. The number of rotatable bonds is 6.